The van der Waals surface area contributed by atoms with Gasteiger partial charge in [0, 0.05) is 44.0 Å². The lowest BCUT2D eigenvalue weighted by molar-refractivity contribution is 0.0991. The Kier molecular flexibility index (Phi) is 9.28. The summed E-state index contributed by atoms with van der Waals surface area (Å²) >= 11 is 0. The lowest BCUT2D eigenvalue weighted by atomic mass is 10.1. The van der Waals surface area contributed by atoms with Crippen LogP contribution in [0.15, 0.2) is 47.5 Å². The number of hydroxylamine groups is 1. The molecule has 1 N–H and O–H groups in total. The number of amidine groups is 1. The van der Waals surface area contributed by atoms with Crippen LogP contribution in [0.1, 0.15) is 38.7 Å². The monoisotopic (exact) mass is 550 g/mol. The molecule has 216 valence electrons. The molecule has 0 aromatic heterocycles. The Morgan fingerprint density at radius 1 is 0.975 bits per heavy atom. The molecule has 10 nitrogen and oxygen atoms in total. The molecule has 0 radical (unpaired) electrons. The van der Waals surface area contributed by atoms with Crippen molar-refractivity contribution in [2.24, 2.45) is 4.99 Å². The summed E-state index contributed by atoms with van der Waals surface area (Å²) < 4.78 is 11.2. The summed E-state index contributed by atoms with van der Waals surface area (Å²) in [6.45, 7) is 11.2. The fourth-order valence-electron chi connectivity index (χ4n) is 5.39. The number of piperazine rings is 1. The van der Waals surface area contributed by atoms with Gasteiger partial charge in [-0.3, -0.25) is 4.84 Å². The number of hydrogen-bond donors (Lipinski definition) is 1. The maximum atomic E-state index is 12.9. The van der Waals surface area contributed by atoms with E-state index in [9.17, 15) is 4.79 Å². The lowest BCUT2D eigenvalue weighted by Crippen LogP contribution is -2.52. The summed E-state index contributed by atoms with van der Waals surface area (Å²) in [6.07, 6.45) is 3.72. The lowest BCUT2D eigenvalue weighted by Gasteiger charge is -2.39. The van der Waals surface area contributed by atoms with Crippen LogP contribution in [0.4, 0.5) is 16.2 Å². The fraction of sp³-hybridized carbons (Fsp3) is 0.533. The van der Waals surface area contributed by atoms with Crippen molar-refractivity contribution >= 4 is 23.2 Å². The molecular formula is C30H42N6O4. The molecule has 0 unspecified atom stereocenters. The first-order valence-electron chi connectivity index (χ1n) is 14.4. The summed E-state index contributed by atoms with van der Waals surface area (Å²) in [6, 6.07) is 13.4. The van der Waals surface area contributed by atoms with Gasteiger partial charge in [-0.05, 0) is 88.7 Å². The van der Waals surface area contributed by atoms with Crippen LogP contribution in [0.2, 0.25) is 0 Å². The summed E-state index contributed by atoms with van der Waals surface area (Å²) in [4.78, 5) is 30.7. The van der Waals surface area contributed by atoms with Gasteiger partial charge in [0.05, 0.1) is 25.5 Å². The van der Waals surface area contributed by atoms with E-state index < -0.39 is 0 Å². The van der Waals surface area contributed by atoms with E-state index in [2.05, 4.69) is 15.1 Å². The highest BCUT2D eigenvalue weighted by Crippen LogP contribution is 2.31. The topological polar surface area (TPSA) is 82.1 Å². The minimum atomic E-state index is -0.0988. The molecule has 3 heterocycles. The number of methoxy groups -OCH3 is 1. The molecule has 3 aliphatic heterocycles. The standard InChI is InChI=1S/C30H42N6O4/c1-23(2)40-25-9-7-24(8-10-25)32-30(37)35-18-16-34(17-19-35)29-27-21-26(38-3)11-12-28(27)36(22-31-29)39-20-6-15-33-13-4-5-14-33/h7-12,21,23H,4-6,13-20,22H2,1-3H3,(H,32,37). The molecule has 2 saturated heterocycles. The van der Waals surface area contributed by atoms with Gasteiger partial charge in [0.1, 0.15) is 24.0 Å². The SMILES string of the molecule is COc1ccc2c(c1)C(N1CCN(C(=O)Nc3ccc(OC(C)C)cc3)CC1)=NCN2OCCCN1CCCC1. The number of anilines is 2. The number of fused-ring (bicyclic) bond motifs is 1. The van der Waals surface area contributed by atoms with E-state index in [4.69, 9.17) is 19.3 Å². The number of hydrogen-bond acceptors (Lipinski definition) is 8. The maximum absolute atomic E-state index is 12.9. The Balaban J connectivity index is 1.16. The second-order valence-corrected chi connectivity index (χ2v) is 10.7. The van der Waals surface area contributed by atoms with Crippen LogP contribution in [-0.4, -0.2) is 98.9 Å². The van der Waals surface area contributed by atoms with E-state index in [1.807, 2.05) is 66.3 Å². The second kappa shape index (κ2) is 13.2. The van der Waals surface area contributed by atoms with Gasteiger partial charge in [-0.25, -0.2) is 14.9 Å². The molecule has 0 saturated carbocycles. The van der Waals surface area contributed by atoms with E-state index in [0.29, 0.717) is 39.5 Å². The number of rotatable bonds is 9. The van der Waals surface area contributed by atoms with Crippen LogP contribution in [0.25, 0.3) is 0 Å². The van der Waals surface area contributed by atoms with Crippen molar-refractivity contribution in [3.63, 3.8) is 0 Å². The number of carbonyl (C=O) groups is 1. The van der Waals surface area contributed by atoms with Crippen molar-refractivity contribution in [1.82, 2.24) is 14.7 Å². The van der Waals surface area contributed by atoms with E-state index in [1.54, 1.807) is 7.11 Å². The Morgan fingerprint density at radius 3 is 2.40 bits per heavy atom. The third-order valence-electron chi connectivity index (χ3n) is 7.47. The molecule has 2 aromatic rings. The molecular weight excluding hydrogens is 508 g/mol. The van der Waals surface area contributed by atoms with Crippen LogP contribution in [0.5, 0.6) is 11.5 Å². The first-order valence-corrected chi connectivity index (χ1v) is 14.4. The number of ether oxygens (including phenoxy) is 2. The molecule has 2 amide bonds. The number of amides is 2. The summed E-state index contributed by atoms with van der Waals surface area (Å²) in [7, 11) is 1.68. The maximum Gasteiger partial charge on any atom is 0.321 e. The number of benzene rings is 2. The Bertz CT molecular complexity index is 1160. The normalized spacial score (nSPS) is 17.6. The largest absolute Gasteiger partial charge is 0.497 e. The smallest absolute Gasteiger partial charge is 0.321 e. The van der Waals surface area contributed by atoms with Crippen molar-refractivity contribution < 1.29 is 19.1 Å². The number of nitrogens with zero attached hydrogens (tertiary/aromatic N) is 5. The van der Waals surface area contributed by atoms with Crippen LogP contribution < -0.4 is 19.9 Å². The predicted molar refractivity (Wildman–Crippen MR) is 157 cm³/mol. The fourth-order valence-corrected chi connectivity index (χ4v) is 5.39. The van der Waals surface area contributed by atoms with Gasteiger partial charge in [-0.15, -0.1) is 0 Å². The van der Waals surface area contributed by atoms with Gasteiger partial charge in [-0.1, -0.05) is 0 Å². The van der Waals surface area contributed by atoms with Gasteiger partial charge in [-0.2, -0.15) is 0 Å². The molecule has 0 atom stereocenters. The minimum absolute atomic E-state index is 0.0988. The van der Waals surface area contributed by atoms with Crippen LogP contribution in [0, 0.1) is 0 Å². The molecule has 0 aliphatic carbocycles. The van der Waals surface area contributed by atoms with Crippen LogP contribution in [0.3, 0.4) is 0 Å². The molecule has 3 aliphatic rings. The van der Waals surface area contributed by atoms with Crippen molar-refractivity contribution in [2.75, 3.05) is 76.6 Å². The van der Waals surface area contributed by atoms with Crippen LogP contribution in [-0.2, 0) is 4.84 Å². The molecule has 40 heavy (non-hydrogen) atoms. The van der Waals surface area contributed by atoms with Gasteiger partial charge in [0.15, 0.2) is 0 Å². The number of carbonyl (C=O) groups excluding carboxylic acids is 1. The zero-order valence-electron chi connectivity index (χ0n) is 24.0. The zero-order chi connectivity index (χ0) is 27.9. The Morgan fingerprint density at radius 2 is 1.70 bits per heavy atom. The molecule has 2 aromatic carbocycles. The molecule has 2 fully saturated rings. The number of urea groups is 1. The first-order chi connectivity index (χ1) is 19.5. The average molecular weight is 551 g/mol. The van der Waals surface area contributed by atoms with Gasteiger partial charge in [0.2, 0.25) is 0 Å². The highest BCUT2D eigenvalue weighted by atomic mass is 16.7. The average Bonchev–Trinajstić information content (AvgIpc) is 3.49. The van der Waals surface area contributed by atoms with E-state index in [1.165, 1.54) is 25.9 Å². The highest BCUT2D eigenvalue weighted by Gasteiger charge is 2.29. The molecule has 0 spiro atoms. The summed E-state index contributed by atoms with van der Waals surface area (Å²) in [5.41, 5.74) is 2.74. The molecule has 5 rings (SSSR count). The van der Waals surface area contributed by atoms with Crippen LogP contribution >= 0.6 is 0 Å². The third kappa shape index (κ3) is 6.98. The predicted octanol–water partition coefficient (Wildman–Crippen LogP) is 4.27. The van der Waals surface area contributed by atoms with Crippen molar-refractivity contribution in [3.8, 4) is 11.5 Å². The summed E-state index contributed by atoms with van der Waals surface area (Å²) in [5.74, 6) is 2.50. The van der Waals surface area contributed by atoms with E-state index >= 15 is 0 Å². The quantitative estimate of drug-likeness (QED) is 0.467. The first kappa shape index (κ1) is 28.0. The summed E-state index contributed by atoms with van der Waals surface area (Å²) in [5, 5.41) is 4.90. The zero-order valence-corrected chi connectivity index (χ0v) is 24.0. The second-order valence-electron chi connectivity index (χ2n) is 10.7. The molecule has 0 bridgehead atoms. The number of likely N-dealkylation sites (tertiary alicyclic amines) is 1. The number of aliphatic imine (C=N–C) groups is 1. The van der Waals surface area contributed by atoms with Crippen molar-refractivity contribution in [3.05, 3.63) is 48.0 Å². The van der Waals surface area contributed by atoms with E-state index in [0.717, 1.165) is 47.2 Å². The van der Waals surface area contributed by atoms with Crippen molar-refractivity contribution in [2.45, 2.75) is 39.2 Å². The van der Waals surface area contributed by atoms with Gasteiger partial charge in [0.25, 0.3) is 0 Å². The highest BCUT2D eigenvalue weighted by molar-refractivity contribution is 6.05. The molecule has 10 heteroatoms. The third-order valence-corrected chi connectivity index (χ3v) is 7.47. The van der Waals surface area contributed by atoms with Gasteiger partial charge >= 0.3 is 6.03 Å². The van der Waals surface area contributed by atoms with Gasteiger partial charge < -0.3 is 29.5 Å². The Hall–Kier alpha value is -3.50. The van der Waals surface area contributed by atoms with Crippen molar-refractivity contribution in [1.29, 1.82) is 0 Å². The Labute approximate surface area is 237 Å². The minimum Gasteiger partial charge on any atom is -0.497 e. The number of nitrogens with one attached hydrogen (secondary N) is 1. The van der Waals surface area contributed by atoms with E-state index in [-0.39, 0.29) is 12.1 Å².